The summed E-state index contributed by atoms with van der Waals surface area (Å²) >= 11 is 11.9. The van der Waals surface area contributed by atoms with Crippen molar-refractivity contribution in [2.45, 2.75) is 19.0 Å². The molecule has 0 aliphatic carbocycles. The largest absolute Gasteiger partial charge is 0.494 e. The number of amides is 3. The predicted molar refractivity (Wildman–Crippen MR) is 114 cm³/mol. The van der Waals surface area contributed by atoms with E-state index in [0.29, 0.717) is 28.8 Å². The molecule has 2 aromatic rings. The summed E-state index contributed by atoms with van der Waals surface area (Å²) in [6, 6.07) is 9.27. The maximum Gasteiger partial charge on any atom is 0.263 e. The quantitative estimate of drug-likeness (QED) is 0.664. The van der Waals surface area contributed by atoms with Crippen LogP contribution < -0.4 is 15.0 Å². The molecule has 2 heterocycles. The van der Waals surface area contributed by atoms with Gasteiger partial charge in [0.1, 0.15) is 12.3 Å². The number of fused-ring (bicyclic) bond motifs is 1. The van der Waals surface area contributed by atoms with Crippen LogP contribution in [-0.4, -0.2) is 48.0 Å². The van der Waals surface area contributed by atoms with Crippen LogP contribution in [0.1, 0.15) is 6.92 Å². The zero-order valence-electron chi connectivity index (χ0n) is 16.3. The number of hydrogen-bond donors (Lipinski definition) is 1. The zero-order valence-corrected chi connectivity index (χ0v) is 17.8. The van der Waals surface area contributed by atoms with Gasteiger partial charge in [-0.3, -0.25) is 19.4 Å². The van der Waals surface area contributed by atoms with Crippen LogP contribution in [-0.2, 0) is 14.4 Å². The summed E-state index contributed by atoms with van der Waals surface area (Å²) in [5.74, 6) is -0.832. The molecule has 2 atom stereocenters. The molecule has 160 valence electrons. The lowest BCUT2D eigenvalue weighted by Crippen LogP contribution is -2.43. The van der Waals surface area contributed by atoms with Gasteiger partial charge < -0.3 is 10.1 Å². The van der Waals surface area contributed by atoms with Gasteiger partial charge in [0.25, 0.3) is 11.8 Å². The Kier molecular flexibility index (Phi) is 5.79. The third-order valence-electron chi connectivity index (χ3n) is 4.77. The van der Waals surface area contributed by atoms with E-state index in [0.717, 1.165) is 4.90 Å². The minimum atomic E-state index is -0.994. The molecule has 0 radical (unpaired) electrons. The highest BCUT2D eigenvalue weighted by Crippen LogP contribution is 2.32. The van der Waals surface area contributed by atoms with Gasteiger partial charge in [-0.1, -0.05) is 28.4 Å². The Hall–Kier alpha value is -3.17. The van der Waals surface area contributed by atoms with Crippen LogP contribution in [0.2, 0.25) is 10.0 Å². The summed E-state index contributed by atoms with van der Waals surface area (Å²) in [6.07, 6.45) is 0. The molecule has 2 aliphatic rings. The van der Waals surface area contributed by atoms with Crippen LogP contribution in [0.15, 0.2) is 52.8 Å². The van der Waals surface area contributed by atoms with Crippen LogP contribution in [0.3, 0.4) is 0 Å². The number of carbonyl (C=O) groups excluding carboxylic acids is 3. The SMILES string of the molecule is CCOc1ccc(N2C(=O)[C@H]3N=NN(CC(=O)Nc4ccc(Cl)cc4Cl)[C@@H]3C2=O)cc1. The van der Waals surface area contributed by atoms with Gasteiger partial charge in [-0.15, -0.1) is 0 Å². The highest BCUT2D eigenvalue weighted by Gasteiger charge is 2.55. The van der Waals surface area contributed by atoms with Crippen molar-refractivity contribution in [3.63, 3.8) is 0 Å². The molecule has 0 spiro atoms. The van der Waals surface area contributed by atoms with Crippen molar-refractivity contribution in [1.29, 1.82) is 0 Å². The van der Waals surface area contributed by atoms with Gasteiger partial charge in [-0.25, -0.2) is 4.90 Å². The Balaban J connectivity index is 1.47. The molecule has 1 saturated heterocycles. The molecular weight excluding hydrogens is 445 g/mol. The number of rotatable bonds is 6. The van der Waals surface area contributed by atoms with E-state index >= 15 is 0 Å². The molecule has 0 unspecified atom stereocenters. The number of benzene rings is 2. The molecule has 4 rings (SSSR count). The molecule has 2 aromatic carbocycles. The fourth-order valence-corrected chi connectivity index (χ4v) is 3.85. The number of imide groups is 1. The summed E-state index contributed by atoms with van der Waals surface area (Å²) in [7, 11) is 0. The van der Waals surface area contributed by atoms with Gasteiger partial charge in [-0.05, 0) is 49.4 Å². The molecule has 0 aromatic heterocycles. The van der Waals surface area contributed by atoms with E-state index in [1.807, 2.05) is 6.92 Å². The van der Waals surface area contributed by atoms with E-state index in [9.17, 15) is 14.4 Å². The Bertz CT molecular complexity index is 1080. The van der Waals surface area contributed by atoms with E-state index in [1.54, 1.807) is 36.4 Å². The molecule has 31 heavy (non-hydrogen) atoms. The monoisotopic (exact) mass is 461 g/mol. The molecule has 0 saturated carbocycles. The smallest absolute Gasteiger partial charge is 0.263 e. The predicted octanol–water partition coefficient (Wildman–Crippen LogP) is 3.32. The van der Waals surface area contributed by atoms with Crippen molar-refractivity contribution in [1.82, 2.24) is 5.01 Å². The van der Waals surface area contributed by atoms with Gasteiger partial charge in [0, 0.05) is 5.02 Å². The van der Waals surface area contributed by atoms with Crippen molar-refractivity contribution in [3.8, 4) is 5.75 Å². The first kappa shape index (κ1) is 21.1. The minimum absolute atomic E-state index is 0.274. The van der Waals surface area contributed by atoms with Crippen LogP contribution in [0.25, 0.3) is 0 Å². The molecule has 9 nitrogen and oxygen atoms in total. The first-order valence-electron chi connectivity index (χ1n) is 9.42. The summed E-state index contributed by atoms with van der Waals surface area (Å²) in [5.41, 5.74) is 0.772. The second-order valence-electron chi connectivity index (χ2n) is 6.80. The number of halogens is 2. The Morgan fingerprint density at radius 1 is 1.13 bits per heavy atom. The summed E-state index contributed by atoms with van der Waals surface area (Å²) < 4.78 is 5.38. The molecule has 3 amide bonds. The molecular formula is C20H17Cl2N5O4. The maximum atomic E-state index is 13.0. The van der Waals surface area contributed by atoms with Crippen LogP contribution in [0.5, 0.6) is 5.75 Å². The standard InChI is InChI=1S/C20H17Cl2N5O4/c1-2-31-13-6-4-12(5-7-13)27-19(29)17-18(20(27)30)26(25-24-17)10-16(28)23-15-8-3-11(21)9-14(15)22/h3-9,17-18H,2,10H2,1H3,(H,23,28)/t17-,18-/m0/s1. The Labute approximate surface area is 187 Å². The lowest BCUT2D eigenvalue weighted by atomic mass is 10.1. The fraction of sp³-hybridized carbons (Fsp3) is 0.250. The van der Waals surface area contributed by atoms with Crippen molar-refractivity contribution in [3.05, 3.63) is 52.5 Å². The highest BCUT2D eigenvalue weighted by atomic mass is 35.5. The Morgan fingerprint density at radius 2 is 1.87 bits per heavy atom. The van der Waals surface area contributed by atoms with Crippen molar-refractivity contribution < 1.29 is 19.1 Å². The molecule has 11 heteroatoms. The summed E-state index contributed by atoms with van der Waals surface area (Å²) in [4.78, 5) is 39.3. The zero-order chi connectivity index (χ0) is 22.1. The molecule has 2 aliphatic heterocycles. The van der Waals surface area contributed by atoms with Crippen molar-refractivity contribution >= 4 is 52.3 Å². The van der Waals surface area contributed by atoms with E-state index in [4.69, 9.17) is 27.9 Å². The topological polar surface area (TPSA) is 104 Å². The van der Waals surface area contributed by atoms with Crippen LogP contribution in [0.4, 0.5) is 11.4 Å². The van der Waals surface area contributed by atoms with Gasteiger partial charge in [-0.2, -0.15) is 5.11 Å². The molecule has 1 fully saturated rings. The first-order valence-corrected chi connectivity index (χ1v) is 10.2. The second-order valence-corrected chi connectivity index (χ2v) is 7.65. The Morgan fingerprint density at radius 3 is 2.55 bits per heavy atom. The van der Waals surface area contributed by atoms with Crippen LogP contribution in [0, 0.1) is 0 Å². The minimum Gasteiger partial charge on any atom is -0.494 e. The van der Waals surface area contributed by atoms with E-state index in [-0.39, 0.29) is 11.6 Å². The molecule has 0 bridgehead atoms. The summed E-state index contributed by atoms with van der Waals surface area (Å²) in [5, 5.41) is 12.3. The van der Waals surface area contributed by atoms with E-state index in [1.165, 1.54) is 11.1 Å². The summed E-state index contributed by atoms with van der Waals surface area (Å²) in [6.45, 7) is 2.09. The van der Waals surface area contributed by atoms with E-state index in [2.05, 4.69) is 15.7 Å². The number of ether oxygens (including phenoxy) is 1. The fourth-order valence-electron chi connectivity index (χ4n) is 3.39. The van der Waals surface area contributed by atoms with E-state index < -0.39 is 29.8 Å². The third-order valence-corrected chi connectivity index (χ3v) is 5.32. The number of nitrogens with zero attached hydrogens (tertiary/aromatic N) is 4. The maximum absolute atomic E-state index is 13.0. The van der Waals surface area contributed by atoms with Gasteiger partial charge in [0.05, 0.1) is 23.0 Å². The second kappa shape index (κ2) is 8.52. The number of anilines is 2. The number of hydrogen-bond acceptors (Lipinski definition) is 7. The van der Waals surface area contributed by atoms with Crippen molar-refractivity contribution in [2.24, 2.45) is 10.3 Å². The van der Waals surface area contributed by atoms with Crippen molar-refractivity contribution in [2.75, 3.05) is 23.4 Å². The number of carbonyl (C=O) groups is 3. The normalized spacial score (nSPS) is 19.7. The van der Waals surface area contributed by atoms with Gasteiger partial charge >= 0.3 is 0 Å². The van der Waals surface area contributed by atoms with Crippen LogP contribution >= 0.6 is 23.2 Å². The average molecular weight is 462 g/mol. The lowest BCUT2D eigenvalue weighted by molar-refractivity contribution is -0.123. The highest BCUT2D eigenvalue weighted by molar-refractivity contribution is 6.36. The number of nitrogens with one attached hydrogen (secondary N) is 1. The first-order chi connectivity index (χ1) is 14.9. The third kappa shape index (κ3) is 4.06. The molecule has 1 N–H and O–H groups in total. The lowest BCUT2D eigenvalue weighted by Gasteiger charge is -2.20. The van der Waals surface area contributed by atoms with Gasteiger partial charge in [0.2, 0.25) is 5.91 Å². The average Bonchev–Trinajstić information content (AvgIpc) is 3.25. The van der Waals surface area contributed by atoms with Gasteiger partial charge in [0.15, 0.2) is 12.1 Å².